The van der Waals surface area contributed by atoms with Gasteiger partial charge in [0.2, 0.25) is 0 Å². The highest BCUT2D eigenvalue weighted by molar-refractivity contribution is 5.65. The van der Waals surface area contributed by atoms with Crippen LogP contribution in [-0.4, -0.2) is 74.6 Å². The number of H-pyrrole nitrogens is 1. The number of nitrogens with one attached hydrogen (secondary N) is 1. The van der Waals surface area contributed by atoms with Crippen LogP contribution in [0.15, 0.2) is 35.3 Å². The molecule has 4 rings (SSSR count). The average Bonchev–Trinajstić information content (AvgIpc) is 2.72. The predicted molar refractivity (Wildman–Crippen MR) is 104 cm³/mol. The van der Waals surface area contributed by atoms with Crippen LogP contribution in [0.1, 0.15) is 0 Å². The van der Waals surface area contributed by atoms with E-state index in [1.54, 1.807) is 12.3 Å². The third kappa shape index (κ3) is 4.00. The van der Waals surface area contributed by atoms with E-state index < -0.39 is 0 Å². The molecule has 0 aliphatic carbocycles. The molecule has 0 radical (unpaired) electrons. The van der Waals surface area contributed by atoms with E-state index in [1.807, 2.05) is 19.2 Å². The molecule has 8 nitrogen and oxygen atoms in total. The highest BCUT2D eigenvalue weighted by Gasteiger charge is 2.23. The molecule has 144 valence electrons. The summed E-state index contributed by atoms with van der Waals surface area (Å²) in [6.07, 6.45) is 1.68. The van der Waals surface area contributed by atoms with Crippen LogP contribution in [0.2, 0.25) is 0 Å². The van der Waals surface area contributed by atoms with Crippen molar-refractivity contribution in [2.75, 3.05) is 69.3 Å². The van der Waals surface area contributed by atoms with Gasteiger partial charge in [0.15, 0.2) is 11.5 Å². The maximum absolute atomic E-state index is 11.4. The summed E-state index contributed by atoms with van der Waals surface area (Å²) in [5.74, 6) is 1.72. The van der Waals surface area contributed by atoms with Crippen LogP contribution in [0.5, 0.6) is 11.5 Å². The molecule has 27 heavy (non-hydrogen) atoms. The number of rotatable bonds is 5. The topological polar surface area (TPSA) is 73.9 Å². The Morgan fingerprint density at radius 1 is 1.19 bits per heavy atom. The SMILES string of the molecule is CN(CCN1CCN(c2cccc3c2OCCO3)CC1)c1cn[nH]c(=O)c1. The number of piperazine rings is 1. The summed E-state index contributed by atoms with van der Waals surface area (Å²) in [6, 6.07) is 7.68. The Morgan fingerprint density at radius 3 is 2.81 bits per heavy atom. The van der Waals surface area contributed by atoms with Crippen molar-refractivity contribution in [3.05, 3.63) is 40.8 Å². The van der Waals surface area contributed by atoms with E-state index >= 15 is 0 Å². The fourth-order valence-corrected chi connectivity index (χ4v) is 3.51. The summed E-state index contributed by atoms with van der Waals surface area (Å²) < 4.78 is 11.5. The van der Waals surface area contributed by atoms with Gasteiger partial charge in [0.1, 0.15) is 13.2 Å². The van der Waals surface area contributed by atoms with Crippen LogP contribution in [0.3, 0.4) is 0 Å². The van der Waals surface area contributed by atoms with Gasteiger partial charge in [-0.2, -0.15) is 5.10 Å². The maximum Gasteiger partial charge on any atom is 0.266 e. The van der Waals surface area contributed by atoms with E-state index in [0.29, 0.717) is 13.2 Å². The average molecular weight is 371 g/mol. The molecule has 1 saturated heterocycles. The molecule has 2 aromatic rings. The number of ether oxygens (including phenoxy) is 2. The molecular formula is C19H25N5O3. The zero-order valence-corrected chi connectivity index (χ0v) is 15.6. The van der Waals surface area contributed by atoms with Gasteiger partial charge in [0.05, 0.1) is 17.6 Å². The normalized spacial score (nSPS) is 17.0. The molecular weight excluding hydrogens is 346 g/mol. The standard InChI is InChI=1S/C19H25N5O3/c1-22(15-13-18(25)21-20-14-15)5-6-23-7-9-24(10-8-23)16-3-2-4-17-19(16)27-12-11-26-17/h2-4,13-14H,5-12H2,1H3,(H,21,25). The number of para-hydroxylation sites is 1. The maximum atomic E-state index is 11.4. The fraction of sp³-hybridized carbons (Fsp3) is 0.474. The lowest BCUT2D eigenvalue weighted by atomic mass is 10.2. The lowest BCUT2D eigenvalue weighted by molar-refractivity contribution is 0.171. The van der Waals surface area contributed by atoms with Crippen molar-refractivity contribution in [1.29, 1.82) is 0 Å². The Hall–Kier alpha value is -2.74. The first-order valence-corrected chi connectivity index (χ1v) is 9.32. The van der Waals surface area contributed by atoms with Gasteiger partial charge >= 0.3 is 0 Å². The summed E-state index contributed by atoms with van der Waals surface area (Å²) >= 11 is 0. The van der Waals surface area contributed by atoms with Crippen molar-refractivity contribution in [2.24, 2.45) is 0 Å². The number of nitrogens with zero attached hydrogens (tertiary/aromatic N) is 4. The molecule has 8 heteroatoms. The Morgan fingerprint density at radius 2 is 2.00 bits per heavy atom. The van der Waals surface area contributed by atoms with Crippen LogP contribution in [0.4, 0.5) is 11.4 Å². The number of likely N-dealkylation sites (N-methyl/N-ethyl adjacent to an activating group) is 1. The Kier molecular flexibility index (Phi) is 5.15. The summed E-state index contributed by atoms with van der Waals surface area (Å²) in [5, 5.41) is 6.26. The zero-order chi connectivity index (χ0) is 18.6. The zero-order valence-electron chi connectivity index (χ0n) is 15.6. The largest absolute Gasteiger partial charge is 0.486 e. The van der Waals surface area contributed by atoms with Gasteiger partial charge < -0.3 is 19.3 Å². The minimum atomic E-state index is -0.176. The molecule has 1 N–H and O–H groups in total. The number of fused-ring (bicyclic) bond motifs is 1. The molecule has 0 amide bonds. The predicted octanol–water partition coefficient (Wildman–Crippen LogP) is 0.799. The number of hydrogen-bond acceptors (Lipinski definition) is 7. The van der Waals surface area contributed by atoms with Gasteiger partial charge in [-0.3, -0.25) is 9.69 Å². The number of aromatic nitrogens is 2. The second-order valence-electron chi connectivity index (χ2n) is 6.86. The first-order chi connectivity index (χ1) is 13.2. The summed E-state index contributed by atoms with van der Waals surface area (Å²) in [7, 11) is 1.99. The minimum absolute atomic E-state index is 0.176. The van der Waals surface area contributed by atoms with Crippen molar-refractivity contribution < 1.29 is 9.47 Å². The molecule has 2 aliphatic rings. The lowest BCUT2D eigenvalue weighted by Gasteiger charge is -2.38. The van der Waals surface area contributed by atoms with E-state index in [9.17, 15) is 4.79 Å². The second kappa shape index (κ2) is 7.87. The van der Waals surface area contributed by atoms with Crippen molar-refractivity contribution >= 4 is 11.4 Å². The van der Waals surface area contributed by atoms with E-state index in [2.05, 4.69) is 31.0 Å². The third-order valence-corrected chi connectivity index (χ3v) is 5.10. The quantitative estimate of drug-likeness (QED) is 0.833. The number of hydrogen-bond donors (Lipinski definition) is 1. The fourth-order valence-electron chi connectivity index (χ4n) is 3.51. The van der Waals surface area contributed by atoms with Crippen LogP contribution < -0.4 is 24.8 Å². The second-order valence-corrected chi connectivity index (χ2v) is 6.86. The molecule has 0 unspecified atom stereocenters. The van der Waals surface area contributed by atoms with Gasteiger partial charge in [0.25, 0.3) is 5.56 Å². The van der Waals surface area contributed by atoms with Crippen molar-refractivity contribution in [2.45, 2.75) is 0 Å². The van der Waals surface area contributed by atoms with Crippen LogP contribution in [0.25, 0.3) is 0 Å². The summed E-state index contributed by atoms with van der Waals surface area (Å²) in [5.41, 5.74) is 1.79. The van der Waals surface area contributed by atoms with Crippen molar-refractivity contribution in [3.63, 3.8) is 0 Å². The van der Waals surface area contributed by atoms with Gasteiger partial charge in [-0.25, -0.2) is 5.10 Å². The van der Waals surface area contributed by atoms with Crippen molar-refractivity contribution in [1.82, 2.24) is 15.1 Å². The molecule has 3 heterocycles. The number of benzene rings is 1. The molecule has 1 aromatic heterocycles. The molecule has 0 atom stereocenters. The molecule has 1 fully saturated rings. The van der Waals surface area contributed by atoms with Gasteiger partial charge in [-0.1, -0.05) is 6.07 Å². The third-order valence-electron chi connectivity index (χ3n) is 5.10. The molecule has 1 aromatic carbocycles. The first kappa shape index (κ1) is 17.7. The van der Waals surface area contributed by atoms with Crippen LogP contribution >= 0.6 is 0 Å². The number of aromatic amines is 1. The monoisotopic (exact) mass is 371 g/mol. The van der Waals surface area contributed by atoms with Crippen LogP contribution in [0, 0.1) is 0 Å². The van der Waals surface area contributed by atoms with Gasteiger partial charge in [0, 0.05) is 52.4 Å². The minimum Gasteiger partial charge on any atom is -0.486 e. The smallest absolute Gasteiger partial charge is 0.266 e. The highest BCUT2D eigenvalue weighted by atomic mass is 16.6. The highest BCUT2D eigenvalue weighted by Crippen LogP contribution is 2.39. The molecule has 0 spiro atoms. The van der Waals surface area contributed by atoms with E-state index in [4.69, 9.17) is 9.47 Å². The van der Waals surface area contributed by atoms with Gasteiger partial charge in [-0.05, 0) is 12.1 Å². The molecule has 0 bridgehead atoms. The molecule has 2 aliphatic heterocycles. The van der Waals surface area contributed by atoms with Gasteiger partial charge in [-0.15, -0.1) is 0 Å². The Labute approximate surface area is 158 Å². The summed E-state index contributed by atoms with van der Waals surface area (Å²) in [6.45, 7) is 6.91. The Bertz CT molecular complexity index is 832. The van der Waals surface area contributed by atoms with Crippen LogP contribution in [-0.2, 0) is 0 Å². The van der Waals surface area contributed by atoms with E-state index in [1.165, 1.54) is 0 Å². The molecule has 0 saturated carbocycles. The van der Waals surface area contributed by atoms with E-state index in [0.717, 1.165) is 62.1 Å². The first-order valence-electron chi connectivity index (χ1n) is 9.32. The number of anilines is 2. The van der Waals surface area contributed by atoms with E-state index in [-0.39, 0.29) is 5.56 Å². The van der Waals surface area contributed by atoms with Crippen molar-refractivity contribution in [3.8, 4) is 11.5 Å². The summed E-state index contributed by atoms with van der Waals surface area (Å²) in [4.78, 5) is 18.3. The lowest BCUT2D eigenvalue weighted by Crippen LogP contribution is -2.48. The Balaban J connectivity index is 1.31.